The molecule has 1 aliphatic rings. The SMILES string of the molecule is CC1CN(C(=O)CCCc2cccnc2)CCN1. The zero-order chi connectivity index (χ0) is 12.8. The van der Waals surface area contributed by atoms with E-state index >= 15 is 0 Å². The summed E-state index contributed by atoms with van der Waals surface area (Å²) in [7, 11) is 0. The quantitative estimate of drug-likeness (QED) is 0.870. The van der Waals surface area contributed by atoms with Crippen molar-refractivity contribution in [2.75, 3.05) is 19.6 Å². The van der Waals surface area contributed by atoms with E-state index in [2.05, 4.69) is 23.3 Å². The lowest BCUT2D eigenvalue weighted by Gasteiger charge is -2.32. The number of aromatic nitrogens is 1. The lowest BCUT2D eigenvalue weighted by Crippen LogP contribution is -2.51. The third kappa shape index (κ3) is 3.81. The highest BCUT2D eigenvalue weighted by molar-refractivity contribution is 5.76. The van der Waals surface area contributed by atoms with Crippen LogP contribution in [0.3, 0.4) is 0 Å². The van der Waals surface area contributed by atoms with Gasteiger partial charge in [-0.2, -0.15) is 0 Å². The van der Waals surface area contributed by atoms with Crippen LogP contribution in [-0.4, -0.2) is 41.5 Å². The van der Waals surface area contributed by atoms with Crippen LogP contribution in [-0.2, 0) is 11.2 Å². The van der Waals surface area contributed by atoms with Crippen LogP contribution in [0, 0.1) is 0 Å². The van der Waals surface area contributed by atoms with Crippen molar-refractivity contribution in [3.63, 3.8) is 0 Å². The molecule has 0 aliphatic carbocycles. The van der Waals surface area contributed by atoms with Crippen molar-refractivity contribution in [1.29, 1.82) is 0 Å². The molecule has 18 heavy (non-hydrogen) atoms. The van der Waals surface area contributed by atoms with Gasteiger partial charge in [0.05, 0.1) is 0 Å². The Hall–Kier alpha value is -1.42. The maximum absolute atomic E-state index is 12.0. The zero-order valence-corrected chi connectivity index (χ0v) is 10.9. The molecule has 1 aromatic rings. The fourth-order valence-electron chi connectivity index (χ4n) is 2.31. The van der Waals surface area contributed by atoms with Gasteiger partial charge in [0.15, 0.2) is 0 Å². The van der Waals surface area contributed by atoms with E-state index in [1.807, 2.05) is 17.2 Å². The lowest BCUT2D eigenvalue weighted by atomic mass is 10.1. The van der Waals surface area contributed by atoms with Crippen LogP contribution in [0.4, 0.5) is 0 Å². The summed E-state index contributed by atoms with van der Waals surface area (Å²) in [6.07, 6.45) is 6.12. The van der Waals surface area contributed by atoms with Crippen LogP contribution in [0.1, 0.15) is 25.3 Å². The standard InChI is InChI=1S/C14H21N3O/c1-12-11-17(9-8-16-12)14(18)6-2-4-13-5-3-7-15-10-13/h3,5,7,10,12,16H,2,4,6,8-9,11H2,1H3. The summed E-state index contributed by atoms with van der Waals surface area (Å²) in [5.74, 6) is 0.284. The van der Waals surface area contributed by atoms with E-state index < -0.39 is 0 Å². The Bertz CT molecular complexity index is 380. The van der Waals surface area contributed by atoms with Gasteiger partial charge >= 0.3 is 0 Å². The van der Waals surface area contributed by atoms with Crippen molar-refractivity contribution in [3.8, 4) is 0 Å². The average Bonchev–Trinajstić information content (AvgIpc) is 2.40. The van der Waals surface area contributed by atoms with E-state index in [1.165, 1.54) is 5.56 Å². The first-order valence-electron chi connectivity index (χ1n) is 6.66. The van der Waals surface area contributed by atoms with Crippen LogP contribution >= 0.6 is 0 Å². The van der Waals surface area contributed by atoms with Gasteiger partial charge in [-0.1, -0.05) is 6.07 Å². The molecule has 2 rings (SSSR count). The van der Waals surface area contributed by atoms with Gasteiger partial charge in [0.1, 0.15) is 0 Å². The second kappa shape index (κ2) is 6.50. The van der Waals surface area contributed by atoms with Crippen molar-refractivity contribution in [2.45, 2.75) is 32.2 Å². The van der Waals surface area contributed by atoms with E-state index in [4.69, 9.17) is 0 Å². The predicted octanol–water partition coefficient (Wildman–Crippen LogP) is 1.22. The number of hydrogen-bond acceptors (Lipinski definition) is 3. The highest BCUT2D eigenvalue weighted by Crippen LogP contribution is 2.07. The van der Waals surface area contributed by atoms with Crippen molar-refractivity contribution in [1.82, 2.24) is 15.2 Å². The van der Waals surface area contributed by atoms with Crippen molar-refractivity contribution < 1.29 is 4.79 Å². The van der Waals surface area contributed by atoms with Gasteiger partial charge in [0, 0.05) is 44.5 Å². The molecule has 98 valence electrons. The molecule has 0 saturated carbocycles. The lowest BCUT2D eigenvalue weighted by molar-refractivity contribution is -0.132. The molecule has 2 heterocycles. The fraction of sp³-hybridized carbons (Fsp3) is 0.571. The first kappa shape index (κ1) is 13.0. The molecule has 1 aromatic heterocycles. The number of carbonyl (C=O) groups is 1. The van der Waals surface area contributed by atoms with Crippen LogP contribution in [0.25, 0.3) is 0 Å². The molecule has 0 radical (unpaired) electrons. The molecule has 1 aliphatic heterocycles. The zero-order valence-electron chi connectivity index (χ0n) is 10.9. The number of nitrogens with one attached hydrogen (secondary N) is 1. The predicted molar refractivity (Wildman–Crippen MR) is 71.2 cm³/mol. The van der Waals surface area contributed by atoms with Gasteiger partial charge < -0.3 is 10.2 Å². The van der Waals surface area contributed by atoms with Crippen LogP contribution in [0.2, 0.25) is 0 Å². The van der Waals surface area contributed by atoms with Gasteiger partial charge in [-0.15, -0.1) is 0 Å². The molecule has 1 N–H and O–H groups in total. The van der Waals surface area contributed by atoms with Crippen LogP contribution in [0.15, 0.2) is 24.5 Å². The normalized spacial score (nSPS) is 19.8. The molecule has 0 spiro atoms. The second-order valence-electron chi connectivity index (χ2n) is 4.91. The Labute approximate surface area is 108 Å². The molecule has 1 unspecified atom stereocenters. The minimum atomic E-state index is 0.284. The van der Waals surface area contributed by atoms with Gasteiger partial charge in [0.25, 0.3) is 0 Å². The van der Waals surface area contributed by atoms with E-state index in [-0.39, 0.29) is 5.91 Å². The number of nitrogens with zero attached hydrogens (tertiary/aromatic N) is 2. The smallest absolute Gasteiger partial charge is 0.222 e. The second-order valence-corrected chi connectivity index (χ2v) is 4.91. The number of rotatable bonds is 4. The minimum Gasteiger partial charge on any atom is -0.340 e. The average molecular weight is 247 g/mol. The highest BCUT2D eigenvalue weighted by Gasteiger charge is 2.19. The maximum Gasteiger partial charge on any atom is 0.222 e. The molecule has 0 aromatic carbocycles. The van der Waals surface area contributed by atoms with Gasteiger partial charge in [-0.3, -0.25) is 9.78 Å². The van der Waals surface area contributed by atoms with Crippen LogP contribution < -0.4 is 5.32 Å². The molecule has 1 fully saturated rings. The Morgan fingerprint density at radius 3 is 3.22 bits per heavy atom. The number of aryl methyl sites for hydroxylation is 1. The minimum absolute atomic E-state index is 0.284. The molecule has 1 atom stereocenters. The Morgan fingerprint density at radius 1 is 1.61 bits per heavy atom. The summed E-state index contributed by atoms with van der Waals surface area (Å²) in [6.45, 7) is 4.71. The first-order valence-corrected chi connectivity index (χ1v) is 6.66. The fourth-order valence-corrected chi connectivity index (χ4v) is 2.31. The first-order chi connectivity index (χ1) is 8.75. The van der Waals surface area contributed by atoms with E-state index in [9.17, 15) is 4.79 Å². The van der Waals surface area contributed by atoms with Crippen molar-refractivity contribution >= 4 is 5.91 Å². The van der Waals surface area contributed by atoms with Crippen molar-refractivity contribution in [3.05, 3.63) is 30.1 Å². The maximum atomic E-state index is 12.0. The number of piperazine rings is 1. The van der Waals surface area contributed by atoms with Gasteiger partial charge in [-0.25, -0.2) is 0 Å². The number of amides is 1. The molecule has 1 saturated heterocycles. The van der Waals surface area contributed by atoms with E-state index in [0.29, 0.717) is 12.5 Å². The van der Waals surface area contributed by atoms with Gasteiger partial charge in [0.2, 0.25) is 5.91 Å². The Balaban J connectivity index is 1.71. The largest absolute Gasteiger partial charge is 0.340 e. The third-order valence-corrected chi connectivity index (χ3v) is 3.30. The number of pyridine rings is 1. The molecule has 0 bridgehead atoms. The Kier molecular flexibility index (Phi) is 4.70. The van der Waals surface area contributed by atoms with E-state index in [1.54, 1.807) is 6.20 Å². The number of carbonyl (C=O) groups excluding carboxylic acids is 1. The van der Waals surface area contributed by atoms with Gasteiger partial charge in [-0.05, 0) is 31.4 Å². The van der Waals surface area contributed by atoms with E-state index in [0.717, 1.165) is 32.5 Å². The summed E-state index contributed by atoms with van der Waals surface area (Å²) >= 11 is 0. The third-order valence-electron chi connectivity index (χ3n) is 3.30. The molecular formula is C14H21N3O. The monoisotopic (exact) mass is 247 g/mol. The molecular weight excluding hydrogens is 226 g/mol. The Morgan fingerprint density at radius 2 is 2.50 bits per heavy atom. The molecule has 4 heteroatoms. The van der Waals surface area contributed by atoms with Crippen molar-refractivity contribution in [2.24, 2.45) is 0 Å². The summed E-state index contributed by atoms with van der Waals surface area (Å²) in [4.78, 5) is 18.1. The molecule has 4 nitrogen and oxygen atoms in total. The summed E-state index contributed by atoms with van der Waals surface area (Å²) < 4.78 is 0. The van der Waals surface area contributed by atoms with Crippen LogP contribution in [0.5, 0.6) is 0 Å². The molecule has 1 amide bonds. The summed E-state index contributed by atoms with van der Waals surface area (Å²) in [5.41, 5.74) is 1.21. The number of hydrogen-bond donors (Lipinski definition) is 1. The summed E-state index contributed by atoms with van der Waals surface area (Å²) in [6, 6.07) is 4.42. The topological polar surface area (TPSA) is 45.2 Å². The summed E-state index contributed by atoms with van der Waals surface area (Å²) in [5, 5.41) is 3.35. The highest BCUT2D eigenvalue weighted by atomic mass is 16.2.